The summed E-state index contributed by atoms with van der Waals surface area (Å²) < 4.78 is 5.88. The van der Waals surface area contributed by atoms with Crippen LogP contribution in [0.4, 0.5) is 5.13 Å². The van der Waals surface area contributed by atoms with E-state index < -0.39 is 5.97 Å². The number of nitrogens with zero attached hydrogens (tertiary/aromatic N) is 3. The van der Waals surface area contributed by atoms with Crippen LogP contribution in [0.25, 0.3) is 0 Å². The van der Waals surface area contributed by atoms with Gasteiger partial charge in [0.1, 0.15) is 0 Å². The van der Waals surface area contributed by atoms with E-state index in [1.807, 2.05) is 5.01 Å². The van der Waals surface area contributed by atoms with Crippen molar-refractivity contribution in [1.82, 2.24) is 15.2 Å². The van der Waals surface area contributed by atoms with Gasteiger partial charge in [0.05, 0.1) is 19.0 Å². The summed E-state index contributed by atoms with van der Waals surface area (Å²) >= 11 is 2.53. The van der Waals surface area contributed by atoms with Crippen molar-refractivity contribution in [3.8, 4) is 0 Å². The number of hydrazine groups is 1. The number of carbonyl (C=O) groups is 1. The van der Waals surface area contributed by atoms with Gasteiger partial charge < -0.3 is 9.84 Å². The third kappa shape index (κ3) is 4.11. The Morgan fingerprint density at radius 1 is 1.53 bits per heavy atom. The first-order valence-electron chi connectivity index (χ1n) is 5.01. The van der Waals surface area contributed by atoms with Gasteiger partial charge in [0.25, 0.3) is 0 Å². The molecule has 0 amide bonds. The lowest BCUT2D eigenvalue weighted by atomic mass is 10.5. The molecule has 7 nitrogen and oxygen atoms in total. The third-order valence-corrected chi connectivity index (χ3v) is 3.94. The monoisotopic (exact) mass is 276 g/mol. The van der Waals surface area contributed by atoms with Crippen LogP contribution < -0.4 is 5.43 Å². The van der Waals surface area contributed by atoms with Gasteiger partial charge in [0, 0.05) is 13.1 Å². The summed E-state index contributed by atoms with van der Waals surface area (Å²) in [5.74, 6) is -0.848. The minimum absolute atomic E-state index is 0.00614. The zero-order chi connectivity index (χ0) is 12.1. The number of rotatable bonds is 5. The minimum atomic E-state index is -0.854. The van der Waals surface area contributed by atoms with Gasteiger partial charge in [-0.25, -0.2) is 5.01 Å². The van der Waals surface area contributed by atoms with Crippen LogP contribution >= 0.6 is 23.1 Å². The highest BCUT2D eigenvalue weighted by Crippen LogP contribution is 2.25. The molecule has 1 aliphatic rings. The van der Waals surface area contributed by atoms with Gasteiger partial charge in [0.2, 0.25) is 5.13 Å². The zero-order valence-electron chi connectivity index (χ0n) is 8.96. The van der Waals surface area contributed by atoms with Gasteiger partial charge in [-0.05, 0) is 0 Å². The number of carboxylic acids is 1. The number of carboxylic acid groups (broad SMARTS) is 1. The van der Waals surface area contributed by atoms with Gasteiger partial charge in [-0.2, -0.15) is 0 Å². The highest BCUT2D eigenvalue weighted by Gasteiger charge is 2.13. The molecule has 0 unspecified atom stereocenters. The Morgan fingerprint density at radius 2 is 2.29 bits per heavy atom. The Balaban J connectivity index is 1.82. The molecule has 17 heavy (non-hydrogen) atoms. The van der Waals surface area contributed by atoms with Crippen molar-refractivity contribution in [3.63, 3.8) is 0 Å². The first-order chi connectivity index (χ1) is 8.24. The third-order valence-electron chi connectivity index (χ3n) is 1.99. The van der Waals surface area contributed by atoms with E-state index in [1.165, 1.54) is 23.1 Å². The molecule has 9 heteroatoms. The second kappa shape index (κ2) is 6.15. The highest BCUT2D eigenvalue weighted by molar-refractivity contribution is 8.01. The number of thioether (sulfide) groups is 1. The summed E-state index contributed by atoms with van der Waals surface area (Å²) in [5.41, 5.74) is 3.13. The lowest BCUT2D eigenvalue weighted by Crippen LogP contribution is -2.40. The number of hydrogen-bond acceptors (Lipinski definition) is 8. The summed E-state index contributed by atoms with van der Waals surface area (Å²) in [6.45, 7) is 3.01. The van der Waals surface area contributed by atoms with Gasteiger partial charge in [-0.3, -0.25) is 10.2 Å². The lowest BCUT2D eigenvalue weighted by Gasteiger charge is -2.26. The van der Waals surface area contributed by atoms with Gasteiger partial charge >= 0.3 is 5.97 Å². The number of morpholine rings is 1. The molecule has 2 heterocycles. The molecule has 1 aromatic heterocycles. The predicted molar refractivity (Wildman–Crippen MR) is 64.3 cm³/mol. The molecular formula is C8H12N4O3S2. The molecular weight excluding hydrogens is 264 g/mol. The van der Waals surface area contributed by atoms with Gasteiger partial charge in [-0.1, -0.05) is 23.1 Å². The fourth-order valence-electron chi connectivity index (χ4n) is 1.25. The smallest absolute Gasteiger partial charge is 0.313 e. The first kappa shape index (κ1) is 12.6. The number of aromatic nitrogens is 2. The predicted octanol–water partition coefficient (Wildman–Crippen LogP) is 0.374. The summed E-state index contributed by atoms with van der Waals surface area (Å²) in [5, 5.41) is 19.1. The number of hydrogen-bond donors (Lipinski definition) is 2. The topological polar surface area (TPSA) is 87.6 Å². The average Bonchev–Trinajstić information content (AvgIpc) is 2.75. The van der Waals surface area contributed by atoms with Crippen molar-refractivity contribution in [2.24, 2.45) is 0 Å². The molecule has 1 aliphatic heterocycles. The molecule has 0 aliphatic carbocycles. The summed E-state index contributed by atoms with van der Waals surface area (Å²) in [6.07, 6.45) is 0. The van der Waals surface area contributed by atoms with Crippen LogP contribution in [-0.2, 0) is 9.53 Å². The standard InChI is InChI=1S/C8H12N4O3S2/c13-6(14)5-16-8-10-9-7(17-8)11-12-1-3-15-4-2-12/h1-5H2,(H,9,11)(H,13,14). The molecule has 1 fully saturated rings. The van der Waals surface area contributed by atoms with Crippen LogP contribution in [0.15, 0.2) is 4.34 Å². The lowest BCUT2D eigenvalue weighted by molar-refractivity contribution is -0.133. The Hall–Kier alpha value is -0.900. The van der Waals surface area contributed by atoms with E-state index in [1.54, 1.807) is 0 Å². The fourth-order valence-corrected chi connectivity index (χ4v) is 2.75. The molecule has 0 bridgehead atoms. The van der Waals surface area contributed by atoms with Crippen LogP contribution in [0, 0.1) is 0 Å². The van der Waals surface area contributed by atoms with E-state index in [0.717, 1.165) is 13.1 Å². The molecule has 0 spiro atoms. The Bertz CT molecular complexity index is 381. The molecule has 1 aromatic rings. The van der Waals surface area contributed by atoms with Crippen LogP contribution in [-0.4, -0.2) is 58.3 Å². The second-order valence-electron chi connectivity index (χ2n) is 3.27. The Kier molecular flexibility index (Phi) is 4.54. The summed E-state index contributed by atoms with van der Waals surface area (Å²) in [4.78, 5) is 10.4. The van der Waals surface area contributed by atoms with E-state index in [0.29, 0.717) is 22.7 Å². The van der Waals surface area contributed by atoms with Gasteiger partial charge in [0.15, 0.2) is 4.34 Å². The fraction of sp³-hybridized carbons (Fsp3) is 0.625. The number of nitrogens with one attached hydrogen (secondary N) is 1. The van der Waals surface area contributed by atoms with E-state index in [4.69, 9.17) is 9.84 Å². The van der Waals surface area contributed by atoms with E-state index in [-0.39, 0.29) is 5.75 Å². The van der Waals surface area contributed by atoms with Crippen molar-refractivity contribution in [2.45, 2.75) is 4.34 Å². The van der Waals surface area contributed by atoms with Crippen molar-refractivity contribution in [3.05, 3.63) is 0 Å². The molecule has 0 aromatic carbocycles. The van der Waals surface area contributed by atoms with Gasteiger partial charge in [-0.15, -0.1) is 10.2 Å². The van der Waals surface area contributed by atoms with E-state index in [9.17, 15) is 4.79 Å². The maximum atomic E-state index is 10.4. The molecule has 2 N–H and O–H groups in total. The molecule has 94 valence electrons. The number of anilines is 1. The molecule has 0 saturated carbocycles. The van der Waals surface area contributed by atoms with Crippen molar-refractivity contribution in [2.75, 3.05) is 37.5 Å². The SMILES string of the molecule is O=C(O)CSc1nnc(NN2CCOCC2)s1. The van der Waals surface area contributed by atoms with Crippen molar-refractivity contribution < 1.29 is 14.6 Å². The quantitative estimate of drug-likeness (QED) is 0.746. The maximum Gasteiger partial charge on any atom is 0.313 e. The maximum absolute atomic E-state index is 10.4. The molecule has 0 radical (unpaired) electrons. The normalized spacial score (nSPS) is 16.9. The van der Waals surface area contributed by atoms with Crippen molar-refractivity contribution >= 4 is 34.2 Å². The minimum Gasteiger partial charge on any atom is -0.481 e. The van der Waals surface area contributed by atoms with Crippen LogP contribution in [0.2, 0.25) is 0 Å². The average molecular weight is 276 g/mol. The highest BCUT2D eigenvalue weighted by atomic mass is 32.2. The van der Waals surface area contributed by atoms with Crippen molar-refractivity contribution in [1.29, 1.82) is 0 Å². The number of ether oxygens (including phenoxy) is 1. The van der Waals surface area contributed by atoms with Crippen LogP contribution in [0.3, 0.4) is 0 Å². The summed E-state index contributed by atoms with van der Waals surface area (Å²) in [7, 11) is 0. The Labute approximate surface area is 106 Å². The van der Waals surface area contributed by atoms with E-state index >= 15 is 0 Å². The van der Waals surface area contributed by atoms with E-state index in [2.05, 4.69) is 15.6 Å². The second-order valence-corrected chi connectivity index (χ2v) is 5.47. The summed E-state index contributed by atoms with van der Waals surface area (Å²) in [6, 6.07) is 0. The first-order valence-corrected chi connectivity index (χ1v) is 6.82. The zero-order valence-corrected chi connectivity index (χ0v) is 10.6. The number of aliphatic carboxylic acids is 1. The Morgan fingerprint density at radius 3 is 3.00 bits per heavy atom. The van der Waals surface area contributed by atoms with Crippen LogP contribution in [0.1, 0.15) is 0 Å². The largest absolute Gasteiger partial charge is 0.481 e. The molecule has 0 atom stereocenters. The molecule has 2 rings (SSSR count). The van der Waals surface area contributed by atoms with Crippen LogP contribution in [0.5, 0.6) is 0 Å². The molecule has 1 saturated heterocycles.